The molecule has 4 nitrogen and oxygen atoms in total. The van der Waals surface area contributed by atoms with Crippen molar-refractivity contribution in [2.45, 2.75) is 20.3 Å². The topological polar surface area (TPSA) is 58.6 Å². The minimum atomic E-state index is -1.16. The van der Waals surface area contributed by atoms with Crippen molar-refractivity contribution in [2.24, 2.45) is 5.92 Å². The van der Waals surface area contributed by atoms with E-state index in [0.29, 0.717) is 12.5 Å². The molecule has 0 atom stereocenters. The number of hydrogen-bond donors (Lipinski definition) is 2. The van der Waals surface area contributed by atoms with Crippen LogP contribution in [0.2, 0.25) is 0 Å². The van der Waals surface area contributed by atoms with Gasteiger partial charge in [0.15, 0.2) is 0 Å². The number of carboxylic acid groups (broad SMARTS) is 1. The second-order valence-corrected chi connectivity index (χ2v) is 4.06. The van der Waals surface area contributed by atoms with Crippen LogP contribution >= 0.6 is 0 Å². The van der Waals surface area contributed by atoms with Gasteiger partial charge in [-0.15, -0.1) is 0 Å². The summed E-state index contributed by atoms with van der Waals surface area (Å²) >= 11 is 0. The molecule has 2 rings (SSSR count). The van der Waals surface area contributed by atoms with Crippen LogP contribution in [0.4, 0.5) is 4.79 Å². The molecule has 16 heavy (non-hydrogen) atoms. The normalized spacial score (nSPS) is 11.2. The Morgan fingerprint density at radius 3 is 2.38 bits per heavy atom. The molecule has 0 unspecified atom stereocenters. The van der Waals surface area contributed by atoms with Gasteiger partial charge in [-0.25, -0.2) is 4.79 Å². The SMILES string of the molecule is CC(C)CONC(=O)O.c1ccc2c(c1)C2. The molecule has 0 heterocycles. The minimum absolute atomic E-state index is 0.344. The number of amides is 1. The van der Waals surface area contributed by atoms with Crippen LogP contribution in [0.5, 0.6) is 0 Å². The quantitative estimate of drug-likeness (QED) is 0.786. The average Bonchev–Trinajstić information content (AvgIpc) is 2.95. The summed E-state index contributed by atoms with van der Waals surface area (Å²) < 4.78 is 0. The van der Waals surface area contributed by atoms with Gasteiger partial charge >= 0.3 is 6.09 Å². The van der Waals surface area contributed by atoms with Crippen LogP contribution < -0.4 is 5.48 Å². The zero-order valence-corrected chi connectivity index (χ0v) is 9.56. The Balaban J connectivity index is 0.000000163. The van der Waals surface area contributed by atoms with E-state index in [1.165, 1.54) is 17.5 Å². The Bertz CT molecular complexity index is 329. The van der Waals surface area contributed by atoms with Crippen molar-refractivity contribution in [3.05, 3.63) is 35.4 Å². The van der Waals surface area contributed by atoms with E-state index in [4.69, 9.17) is 5.11 Å². The molecule has 0 aliphatic heterocycles. The van der Waals surface area contributed by atoms with Crippen LogP contribution in [-0.4, -0.2) is 17.8 Å². The van der Waals surface area contributed by atoms with Crippen molar-refractivity contribution < 1.29 is 14.7 Å². The van der Waals surface area contributed by atoms with Crippen molar-refractivity contribution in [3.63, 3.8) is 0 Å². The van der Waals surface area contributed by atoms with E-state index in [2.05, 4.69) is 29.1 Å². The molecule has 1 amide bonds. The van der Waals surface area contributed by atoms with Crippen LogP contribution in [0.25, 0.3) is 0 Å². The van der Waals surface area contributed by atoms with E-state index >= 15 is 0 Å². The fraction of sp³-hybridized carbons (Fsp3) is 0.417. The fourth-order valence-corrected chi connectivity index (χ4v) is 1.11. The third-order valence-electron chi connectivity index (χ3n) is 1.95. The Hall–Kier alpha value is -1.55. The first-order valence-electron chi connectivity index (χ1n) is 5.27. The van der Waals surface area contributed by atoms with E-state index in [1.54, 1.807) is 5.48 Å². The second-order valence-electron chi connectivity index (χ2n) is 4.06. The van der Waals surface area contributed by atoms with E-state index in [9.17, 15) is 4.79 Å². The van der Waals surface area contributed by atoms with E-state index in [-0.39, 0.29) is 0 Å². The minimum Gasteiger partial charge on any atom is -0.464 e. The zero-order chi connectivity index (χ0) is 12.0. The fourth-order valence-electron chi connectivity index (χ4n) is 1.11. The smallest absolute Gasteiger partial charge is 0.428 e. The highest BCUT2D eigenvalue weighted by Gasteiger charge is 2.12. The summed E-state index contributed by atoms with van der Waals surface area (Å²) in [6.07, 6.45) is 0.0863. The van der Waals surface area contributed by atoms with Crippen molar-refractivity contribution in [3.8, 4) is 0 Å². The van der Waals surface area contributed by atoms with Crippen molar-refractivity contribution in [2.75, 3.05) is 6.61 Å². The molecule has 1 aromatic rings. The van der Waals surface area contributed by atoms with E-state index in [0.717, 1.165) is 0 Å². The lowest BCUT2D eigenvalue weighted by molar-refractivity contribution is 0.0278. The molecule has 0 spiro atoms. The molecule has 0 saturated carbocycles. The summed E-state index contributed by atoms with van der Waals surface area (Å²) in [5.74, 6) is 0.344. The molecule has 88 valence electrons. The number of hydroxylamine groups is 1. The molecule has 0 saturated heterocycles. The average molecular weight is 223 g/mol. The predicted molar refractivity (Wildman–Crippen MR) is 61.2 cm³/mol. The highest BCUT2D eigenvalue weighted by Crippen LogP contribution is 2.25. The lowest BCUT2D eigenvalue weighted by Gasteiger charge is -2.03. The first kappa shape index (κ1) is 12.5. The lowest BCUT2D eigenvalue weighted by Crippen LogP contribution is -2.23. The van der Waals surface area contributed by atoms with Crippen molar-refractivity contribution >= 4 is 6.09 Å². The number of nitrogens with one attached hydrogen (secondary N) is 1. The Morgan fingerprint density at radius 1 is 1.44 bits per heavy atom. The van der Waals surface area contributed by atoms with Gasteiger partial charge in [0.2, 0.25) is 0 Å². The standard InChI is InChI=1S/C7H6.C5H11NO3/c1-2-4-7-5-6(7)3-1;1-4(2)3-9-6-5(7)8/h1-4H,5H2;4,6H,3H2,1-2H3,(H,7,8). The Kier molecular flexibility index (Phi) is 4.79. The van der Waals surface area contributed by atoms with Gasteiger partial charge in [-0.2, -0.15) is 5.48 Å². The van der Waals surface area contributed by atoms with Crippen molar-refractivity contribution in [1.82, 2.24) is 5.48 Å². The van der Waals surface area contributed by atoms with Crippen LogP contribution in [0.15, 0.2) is 24.3 Å². The molecular weight excluding hydrogens is 206 g/mol. The molecule has 4 heteroatoms. The summed E-state index contributed by atoms with van der Waals surface area (Å²) in [5.41, 5.74) is 4.85. The van der Waals surface area contributed by atoms with Gasteiger partial charge in [0.1, 0.15) is 0 Å². The maximum atomic E-state index is 9.74. The molecule has 1 aliphatic rings. The monoisotopic (exact) mass is 223 g/mol. The molecule has 2 N–H and O–H groups in total. The third-order valence-corrected chi connectivity index (χ3v) is 1.95. The van der Waals surface area contributed by atoms with Gasteiger partial charge < -0.3 is 5.11 Å². The molecule has 1 aromatic carbocycles. The van der Waals surface area contributed by atoms with Crippen LogP contribution in [0.3, 0.4) is 0 Å². The first-order valence-corrected chi connectivity index (χ1v) is 5.27. The summed E-state index contributed by atoms with van der Waals surface area (Å²) in [7, 11) is 0. The first-order chi connectivity index (χ1) is 7.59. The van der Waals surface area contributed by atoms with Gasteiger partial charge in [0, 0.05) is 0 Å². The molecular formula is C12H17NO3. The van der Waals surface area contributed by atoms with E-state index in [1.807, 2.05) is 13.8 Å². The molecule has 0 radical (unpaired) electrons. The number of hydrogen-bond acceptors (Lipinski definition) is 2. The highest BCUT2D eigenvalue weighted by molar-refractivity contribution is 5.62. The van der Waals surface area contributed by atoms with E-state index < -0.39 is 6.09 Å². The number of benzene rings is 1. The van der Waals surface area contributed by atoms with Gasteiger partial charge in [0.25, 0.3) is 0 Å². The maximum absolute atomic E-state index is 9.74. The molecule has 0 aromatic heterocycles. The van der Waals surface area contributed by atoms with Crippen LogP contribution in [0, 0.1) is 5.92 Å². The maximum Gasteiger partial charge on any atom is 0.428 e. The summed E-state index contributed by atoms with van der Waals surface area (Å²) in [4.78, 5) is 14.3. The lowest BCUT2D eigenvalue weighted by atomic mass is 10.2. The van der Waals surface area contributed by atoms with Gasteiger partial charge in [-0.3, -0.25) is 4.84 Å². The van der Waals surface area contributed by atoms with Gasteiger partial charge in [-0.05, 0) is 23.5 Å². The molecule has 0 fully saturated rings. The Morgan fingerprint density at radius 2 is 2.00 bits per heavy atom. The zero-order valence-electron chi connectivity index (χ0n) is 9.56. The van der Waals surface area contributed by atoms with Crippen molar-refractivity contribution in [1.29, 1.82) is 0 Å². The third kappa shape index (κ3) is 5.36. The molecule has 1 aliphatic carbocycles. The summed E-state index contributed by atoms with van der Waals surface area (Å²) in [5, 5.41) is 7.99. The number of rotatable bonds is 3. The van der Waals surface area contributed by atoms with Gasteiger partial charge in [-0.1, -0.05) is 38.1 Å². The Labute approximate surface area is 95.2 Å². The predicted octanol–water partition coefficient (Wildman–Crippen LogP) is 2.43. The second kappa shape index (κ2) is 6.12. The van der Waals surface area contributed by atoms with Gasteiger partial charge in [0.05, 0.1) is 6.61 Å². The van der Waals surface area contributed by atoms with Crippen LogP contribution in [-0.2, 0) is 11.3 Å². The van der Waals surface area contributed by atoms with Crippen LogP contribution in [0.1, 0.15) is 25.0 Å². The number of fused-ring (bicyclic) bond motifs is 1. The highest BCUT2D eigenvalue weighted by atomic mass is 16.7. The summed E-state index contributed by atoms with van der Waals surface area (Å²) in [6, 6.07) is 8.53. The summed E-state index contributed by atoms with van der Waals surface area (Å²) in [6.45, 7) is 4.28. The molecule has 0 bridgehead atoms. The largest absolute Gasteiger partial charge is 0.464 e. The number of carbonyl (C=O) groups is 1.